The number of hydrogen-bond donors (Lipinski definition) is 0. The summed E-state index contributed by atoms with van der Waals surface area (Å²) in [6.45, 7) is 3.84. The third-order valence-electron chi connectivity index (χ3n) is 4.65. The number of anilines is 1. The first-order valence-electron chi connectivity index (χ1n) is 7.98. The fourth-order valence-electron chi connectivity index (χ4n) is 3.45. The van der Waals surface area contributed by atoms with Gasteiger partial charge in [0.25, 0.3) is 0 Å². The minimum Gasteiger partial charge on any atom is -0.356 e. The largest absolute Gasteiger partial charge is 0.356 e. The second-order valence-electron chi connectivity index (χ2n) is 6.31. The van der Waals surface area contributed by atoms with Gasteiger partial charge >= 0.3 is 0 Å². The predicted octanol–water partition coefficient (Wildman–Crippen LogP) is 3.25. The van der Waals surface area contributed by atoms with Crippen molar-refractivity contribution in [3.05, 3.63) is 59.9 Å². The Hall–Kier alpha value is -2.43. The van der Waals surface area contributed by atoms with Gasteiger partial charge in [-0.2, -0.15) is 0 Å². The van der Waals surface area contributed by atoms with Gasteiger partial charge in [0.1, 0.15) is 11.6 Å². The summed E-state index contributed by atoms with van der Waals surface area (Å²) in [5.41, 5.74) is 2.82. The Morgan fingerprint density at radius 1 is 1.30 bits per heavy atom. The zero-order valence-electron chi connectivity index (χ0n) is 13.1. The van der Waals surface area contributed by atoms with Crippen LogP contribution in [0.25, 0.3) is 5.65 Å². The average molecular weight is 310 g/mol. The van der Waals surface area contributed by atoms with Gasteiger partial charge in [-0.15, -0.1) is 0 Å². The van der Waals surface area contributed by atoms with Crippen LogP contribution in [0.1, 0.15) is 17.5 Å². The van der Waals surface area contributed by atoms with Crippen molar-refractivity contribution in [3.8, 4) is 0 Å². The highest BCUT2D eigenvalue weighted by atomic mass is 19.1. The molecule has 1 unspecified atom stereocenters. The van der Waals surface area contributed by atoms with Gasteiger partial charge in [-0.25, -0.2) is 9.37 Å². The minimum atomic E-state index is -0.125. The molecule has 1 atom stereocenters. The van der Waals surface area contributed by atoms with E-state index >= 15 is 0 Å². The van der Waals surface area contributed by atoms with E-state index in [0.29, 0.717) is 5.92 Å². The molecule has 0 radical (unpaired) electrons. The van der Waals surface area contributed by atoms with Crippen molar-refractivity contribution in [2.45, 2.75) is 19.8 Å². The molecule has 0 N–H and O–H groups in total. The van der Waals surface area contributed by atoms with Crippen LogP contribution in [-0.2, 0) is 6.42 Å². The molecule has 4 rings (SSSR count). The molecule has 1 aliphatic rings. The highest BCUT2D eigenvalue weighted by Gasteiger charge is 2.24. The second-order valence-corrected chi connectivity index (χ2v) is 6.31. The maximum atomic E-state index is 13.4. The van der Waals surface area contributed by atoms with E-state index in [0.717, 1.165) is 43.0 Å². The molecule has 2 aromatic heterocycles. The van der Waals surface area contributed by atoms with Gasteiger partial charge in [0.15, 0.2) is 5.65 Å². The van der Waals surface area contributed by atoms with E-state index in [1.54, 1.807) is 18.5 Å². The minimum absolute atomic E-state index is 0.125. The molecule has 0 saturated carbocycles. The summed E-state index contributed by atoms with van der Waals surface area (Å²) in [5.74, 6) is 1.55. The molecule has 5 heteroatoms. The molecule has 1 aromatic carbocycles. The Labute approximate surface area is 134 Å². The molecule has 1 aliphatic heterocycles. The molecule has 0 aliphatic carbocycles. The lowest BCUT2D eigenvalue weighted by Gasteiger charge is -2.19. The van der Waals surface area contributed by atoms with E-state index in [1.807, 2.05) is 31.5 Å². The second kappa shape index (κ2) is 5.65. The van der Waals surface area contributed by atoms with E-state index in [1.165, 1.54) is 5.56 Å². The Balaban J connectivity index is 1.50. The number of nitrogens with zero attached hydrogens (tertiary/aromatic N) is 4. The molecule has 0 amide bonds. The Bertz CT molecular complexity index is 842. The quantitative estimate of drug-likeness (QED) is 0.744. The molecule has 23 heavy (non-hydrogen) atoms. The van der Waals surface area contributed by atoms with Crippen molar-refractivity contribution < 1.29 is 4.39 Å². The Morgan fingerprint density at radius 2 is 2.22 bits per heavy atom. The average Bonchev–Trinajstić information content (AvgIpc) is 3.19. The fraction of sp³-hybridized carbons (Fsp3) is 0.333. The summed E-state index contributed by atoms with van der Waals surface area (Å²) in [4.78, 5) is 11.0. The smallest absolute Gasteiger partial charge is 0.156 e. The molecule has 4 nitrogen and oxygen atoms in total. The lowest BCUT2D eigenvalue weighted by molar-refractivity contribution is 0.581. The molecular formula is C18H19FN4. The number of aryl methyl sites for hydroxylation is 1. The zero-order chi connectivity index (χ0) is 15.8. The maximum absolute atomic E-state index is 13.4. The van der Waals surface area contributed by atoms with Crippen LogP contribution >= 0.6 is 0 Å². The lowest BCUT2D eigenvalue weighted by atomic mass is 9.97. The number of rotatable bonds is 3. The van der Waals surface area contributed by atoms with Crippen molar-refractivity contribution in [1.29, 1.82) is 0 Å². The van der Waals surface area contributed by atoms with Gasteiger partial charge in [0.2, 0.25) is 0 Å². The number of aromatic nitrogens is 3. The highest BCUT2D eigenvalue weighted by molar-refractivity contribution is 5.49. The third-order valence-corrected chi connectivity index (χ3v) is 4.65. The summed E-state index contributed by atoms with van der Waals surface area (Å²) >= 11 is 0. The third kappa shape index (κ3) is 2.67. The van der Waals surface area contributed by atoms with Crippen molar-refractivity contribution in [1.82, 2.24) is 14.4 Å². The van der Waals surface area contributed by atoms with E-state index in [4.69, 9.17) is 0 Å². The van der Waals surface area contributed by atoms with Gasteiger partial charge in [-0.3, -0.25) is 9.38 Å². The molecule has 0 bridgehead atoms. The van der Waals surface area contributed by atoms with E-state index in [2.05, 4.69) is 19.3 Å². The first-order chi connectivity index (χ1) is 11.2. The van der Waals surface area contributed by atoms with Gasteiger partial charge in [-0.05, 0) is 42.9 Å². The standard InChI is InChI=1S/C18H19FN4/c1-13-8-14(2-3-16(13)19)9-15-4-6-22(12-15)18-11-20-10-17-21-5-7-23(17)18/h2-3,5,7-8,10-11,15H,4,6,9,12H2,1H3. The first-order valence-corrected chi connectivity index (χ1v) is 7.98. The van der Waals surface area contributed by atoms with Crippen molar-refractivity contribution in [2.24, 2.45) is 5.92 Å². The van der Waals surface area contributed by atoms with Gasteiger partial charge in [-0.1, -0.05) is 12.1 Å². The highest BCUT2D eigenvalue weighted by Crippen LogP contribution is 2.26. The van der Waals surface area contributed by atoms with Crippen LogP contribution in [0.2, 0.25) is 0 Å². The van der Waals surface area contributed by atoms with Gasteiger partial charge in [0, 0.05) is 25.5 Å². The van der Waals surface area contributed by atoms with Crippen LogP contribution in [0.3, 0.4) is 0 Å². The summed E-state index contributed by atoms with van der Waals surface area (Å²) < 4.78 is 15.5. The predicted molar refractivity (Wildman–Crippen MR) is 88.1 cm³/mol. The van der Waals surface area contributed by atoms with Crippen molar-refractivity contribution >= 4 is 11.5 Å². The van der Waals surface area contributed by atoms with Crippen LogP contribution in [-0.4, -0.2) is 27.5 Å². The fourth-order valence-corrected chi connectivity index (χ4v) is 3.45. The Kier molecular flexibility index (Phi) is 3.48. The van der Waals surface area contributed by atoms with Crippen LogP contribution in [0, 0.1) is 18.7 Å². The molecule has 3 aromatic rings. The SMILES string of the molecule is Cc1cc(CC2CCN(c3cncc4nccn34)C2)ccc1F. The van der Waals surface area contributed by atoms with Gasteiger partial charge in [0.05, 0.1) is 12.4 Å². The molecule has 1 fully saturated rings. The van der Waals surface area contributed by atoms with Gasteiger partial charge < -0.3 is 4.90 Å². The molecule has 118 valence electrons. The zero-order valence-corrected chi connectivity index (χ0v) is 13.1. The summed E-state index contributed by atoms with van der Waals surface area (Å²) in [7, 11) is 0. The summed E-state index contributed by atoms with van der Waals surface area (Å²) in [6.07, 6.45) is 9.59. The summed E-state index contributed by atoms with van der Waals surface area (Å²) in [5, 5.41) is 0. The number of hydrogen-bond acceptors (Lipinski definition) is 3. The molecule has 3 heterocycles. The number of halogens is 1. The first kappa shape index (κ1) is 14.2. The molecule has 1 saturated heterocycles. The number of imidazole rings is 1. The molecular weight excluding hydrogens is 291 g/mol. The monoisotopic (exact) mass is 310 g/mol. The normalized spacial score (nSPS) is 18.0. The number of fused-ring (bicyclic) bond motifs is 1. The van der Waals surface area contributed by atoms with E-state index < -0.39 is 0 Å². The van der Waals surface area contributed by atoms with Crippen LogP contribution in [0.4, 0.5) is 10.2 Å². The van der Waals surface area contributed by atoms with Crippen LogP contribution in [0.5, 0.6) is 0 Å². The van der Waals surface area contributed by atoms with Crippen molar-refractivity contribution in [3.63, 3.8) is 0 Å². The maximum Gasteiger partial charge on any atom is 0.156 e. The topological polar surface area (TPSA) is 33.4 Å². The van der Waals surface area contributed by atoms with E-state index in [9.17, 15) is 4.39 Å². The Morgan fingerprint density at radius 3 is 3.09 bits per heavy atom. The number of benzene rings is 1. The summed E-state index contributed by atoms with van der Waals surface area (Å²) in [6, 6.07) is 5.45. The van der Waals surface area contributed by atoms with Crippen LogP contribution in [0.15, 0.2) is 43.0 Å². The van der Waals surface area contributed by atoms with Crippen molar-refractivity contribution in [2.75, 3.05) is 18.0 Å². The van der Waals surface area contributed by atoms with Crippen LogP contribution < -0.4 is 4.90 Å². The van der Waals surface area contributed by atoms with E-state index in [-0.39, 0.29) is 5.82 Å². The molecule has 0 spiro atoms. The lowest BCUT2D eigenvalue weighted by Crippen LogP contribution is -2.22.